The predicted molar refractivity (Wildman–Crippen MR) is 77.8 cm³/mol. The van der Waals surface area contributed by atoms with Crippen molar-refractivity contribution in [3.8, 4) is 0 Å². The van der Waals surface area contributed by atoms with E-state index in [1.54, 1.807) is 0 Å². The molecule has 1 saturated heterocycles. The molecule has 1 aliphatic rings. The van der Waals surface area contributed by atoms with Crippen molar-refractivity contribution in [3.63, 3.8) is 0 Å². The van der Waals surface area contributed by atoms with Crippen LogP contribution in [0.25, 0.3) is 0 Å². The Bertz CT molecular complexity index is 570. The van der Waals surface area contributed by atoms with Crippen molar-refractivity contribution in [1.29, 1.82) is 0 Å². The van der Waals surface area contributed by atoms with Gasteiger partial charge in [-0.2, -0.15) is 9.97 Å². The molecule has 8 heteroatoms. The van der Waals surface area contributed by atoms with E-state index in [0.29, 0.717) is 30.2 Å². The topological polar surface area (TPSA) is 84.3 Å². The van der Waals surface area contributed by atoms with Gasteiger partial charge in [-0.05, 0) is 33.4 Å². The molecule has 1 aliphatic heterocycles. The minimum Gasteiger partial charge on any atom is -0.340 e. The summed E-state index contributed by atoms with van der Waals surface area (Å²) in [5.74, 6) is 2.73. The van der Waals surface area contributed by atoms with Crippen molar-refractivity contribution >= 4 is 0 Å². The number of hydrogen-bond donors (Lipinski definition) is 0. The Kier molecular flexibility index (Phi) is 4.49. The summed E-state index contributed by atoms with van der Waals surface area (Å²) in [4.78, 5) is 13.2. The third kappa shape index (κ3) is 3.69. The molecule has 2 aromatic heterocycles. The minimum atomic E-state index is 0.467. The molecule has 0 spiro atoms. The van der Waals surface area contributed by atoms with Crippen LogP contribution in [-0.2, 0) is 13.1 Å². The zero-order valence-corrected chi connectivity index (χ0v) is 13.3. The highest BCUT2D eigenvalue weighted by molar-refractivity contribution is 4.89. The van der Waals surface area contributed by atoms with Gasteiger partial charge in [-0.1, -0.05) is 10.3 Å². The van der Waals surface area contributed by atoms with Crippen molar-refractivity contribution in [2.75, 3.05) is 20.1 Å². The summed E-state index contributed by atoms with van der Waals surface area (Å²) in [5, 5.41) is 7.81. The summed E-state index contributed by atoms with van der Waals surface area (Å²) >= 11 is 0. The highest BCUT2D eigenvalue weighted by atomic mass is 16.5. The molecule has 1 atom stereocenters. The molecule has 3 rings (SSSR count). The molecule has 3 heterocycles. The maximum absolute atomic E-state index is 5.20. The third-order valence-corrected chi connectivity index (χ3v) is 3.99. The number of nitrogens with zero attached hydrogens (tertiary/aromatic N) is 6. The minimum absolute atomic E-state index is 0.467. The number of piperidine rings is 1. The van der Waals surface area contributed by atoms with Crippen molar-refractivity contribution < 1.29 is 9.05 Å². The summed E-state index contributed by atoms with van der Waals surface area (Å²) in [5.41, 5.74) is 0. The Morgan fingerprint density at radius 3 is 2.77 bits per heavy atom. The SMILES string of the molecule is Cc1noc(CN(C)[C@H]2CCCN(Cc3noc(C)n3)C2)n1. The van der Waals surface area contributed by atoms with Crippen LogP contribution < -0.4 is 0 Å². The van der Waals surface area contributed by atoms with E-state index in [2.05, 4.69) is 37.1 Å². The summed E-state index contributed by atoms with van der Waals surface area (Å²) in [6, 6.07) is 0.467. The molecule has 120 valence electrons. The van der Waals surface area contributed by atoms with Gasteiger partial charge in [0.2, 0.25) is 11.8 Å². The Labute approximate surface area is 129 Å². The number of aromatic nitrogens is 4. The number of likely N-dealkylation sites (tertiary alicyclic amines) is 1. The zero-order valence-electron chi connectivity index (χ0n) is 13.3. The van der Waals surface area contributed by atoms with Gasteiger partial charge >= 0.3 is 0 Å². The first-order chi connectivity index (χ1) is 10.6. The molecular weight excluding hydrogens is 284 g/mol. The Morgan fingerprint density at radius 1 is 1.23 bits per heavy atom. The highest BCUT2D eigenvalue weighted by Crippen LogP contribution is 2.18. The molecule has 8 nitrogen and oxygen atoms in total. The molecule has 1 fully saturated rings. The lowest BCUT2D eigenvalue weighted by atomic mass is 10.0. The van der Waals surface area contributed by atoms with Crippen molar-refractivity contribution in [2.24, 2.45) is 0 Å². The van der Waals surface area contributed by atoms with Crippen LogP contribution in [0.5, 0.6) is 0 Å². The largest absolute Gasteiger partial charge is 0.340 e. The van der Waals surface area contributed by atoms with Gasteiger partial charge in [0.1, 0.15) is 0 Å². The van der Waals surface area contributed by atoms with Gasteiger partial charge in [-0.25, -0.2) is 0 Å². The Hall–Kier alpha value is -1.80. The van der Waals surface area contributed by atoms with Gasteiger partial charge in [0.05, 0.1) is 13.1 Å². The van der Waals surface area contributed by atoms with Crippen LogP contribution in [0.15, 0.2) is 9.05 Å². The van der Waals surface area contributed by atoms with Crippen molar-refractivity contribution in [1.82, 2.24) is 30.1 Å². The van der Waals surface area contributed by atoms with Crippen LogP contribution >= 0.6 is 0 Å². The fraction of sp³-hybridized carbons (Fsp3) is 0.714. The number of aryl methyl sites for hydroxylation is 2. The van der Waals surface area contributed by atoms with Gasteiger partial charge < -0.3 is 9.05 Å². The quantitative estimate of drug-likeness (QED) is 0.814. The molecule has 0 amide bonds. The molecule has 0 saturated carbocycles. The summed E-state index contributed by atoms with van der Waals surface area (Å²) in [6.45, 7) is 7.12. The maximum atomic E-state index is 5.20. The first-order valence-electron chi connectivity index (χ1n) is 7.61. The van der Waals surface area contributed by atoms with E-state index in [0.717, 1.165) is 31.9 Å². The average molecular weight is 306 g/mol. The molecule has 22 heavy (non-hydrogen) atoms. The molecular formula is C14H22N6O2. The van der Waals surface area contributed by atoms with Gasteiger partial charge in [-0.3, -0.25) is 9.80 Å². The monoisotopic (exact) mass is 306 g/mol. The lowest BCUT2D eigenvalue weighted by Crippen LogP contribution is -2.45. The fourth-order valence-electron chi connectivity index (χ4n) is 2.89. The van der Waals surface area contributed by atoms with E-state index in [4.69, 9.17) is 9.05 Å². The number of rotatable bonds is 5. The van der Waals surface area contributed by atoms with E-state index in [1.165, 1.54) is 6.42 Å². The highest BCUT2D eigenvalue weighted by Gasteiger charge is 2.25. The molecule has 0 aliphatic carbocycles. The van der Waals surface area contributed by atoms with Crippen LogP contribution in [-0.4, -0.2) is 56.3 Å². The maximum Gasteiger partial charge on any atom is 0.240 e. The van der Waals surface area contributed by atoms with Crippen LogP contribution in [0.2, 0.25) is 0 Å². The van der Waals surface area contributed by atoms with Crippen molar-refractivity contribution in [3.05, 3.63) is 23.4 Å². The smallest absolute Gasteiger partial charge is 0.240 e. The first-order valence-corrected chi connectivity index (χ1v) is 7.61. The Morgan fingerprint density at radius 2 is 2.09 bits per heavy atom. The van der Waals surface area contributed by atoms with E-state index in [9.17, 15) is 0 Å². The van der Waals surface area contributed by atoms with Crippen LogP contribution in [0.1, 0.15) is 36.3 Å². The zero-order chi connectivity index (χ0) is 15.5. The van der Waals surface area contributed by atoms with E-state index < -0.39 is 0 Å². The summed E-state index contributed by atoms with van der Waals surface area (Å²) < 4.78 is 10.2. The van der Waals surface area contributed by atoms with Gasteiger partial charge in [0.25, 0.3) is 0 Å². The molecule has 0 radical (unpaired) electrons. The van der Waals surface area contributed by atoms with E-state index in [1.807, 2.05) is 13.8 Å². The predicted octanol–water partition coefficient (Wildman–Crippen LogP) is 1.17. The normalized spacial score (nSPS) is 19.9. The van der Waals surface area contributed by atoms with Crippen LogP contribution in [0.4, 0.5) is 0 Å². The lowest BCUT2D eigenvalue weighted by molar-refractivity contribution is 0.0972. The van der Waals surface area contributed by atoms with E-state index in [-0.39, 0.29) is 0 Å². The standard InChI is InChI=1S/C14H22N6O2/c1-10-15-14(22-17-10)9-19(3)12-5-4-6-20(7-12)8-13-16-11(2)21-18-13/h12H,4-9H2,1-3H3/t12-/m0/s1. The summed E-state index contributed by atoms with van der Waals surface area (Å²) in [6.07, 6.45) is 2.33. The first kappa shape index (κ1) is 15.1. The molecule has 0 unspecified atom stereocenters. The number of likely N-dealkylation sites (N-methyl/N-ethyl adjacent to an activating group) is 1. The van der Waals surface area contributed by atoms with Crippen LogP contribution in [0.3, 0.4) is 0 Å². The van der Waals surface area contributed by atoms with Crippen LogP contribution in [0, 0.1) is 13.8 Å². The second-order valence-corrected chi connectivity index (χ2v) is 5.91. The molecule has 2 aromatic rings. The molecule has 0 bridgehead atoms. The fourth-order valence-corrected chi connectivity index (χ4v) is 2.89. The van der Waals surface area contributed by atoms with E-state index >= 15 is 0 Å². The average Bonchev–Trinajstić information content (AvgIpc) is 3.08. The third-order valence-electron chi connectivity index (χ3n) is 3.99. The summed E-state index contributed by atoms with van der Waals surface area (Å²) in [7, 11) is 2.10. The number of hydrogen-bond acceptors (Lipinski definition) is 8. The molecule has 0 N–H and O–H groups in total. The lowest BCUT2D eigenvalue weighted by Gasteiger charge is -2.36. The Balaban J connectivity index is 1.55. The van der Waals surface area contributed by atoms with Gasteiger partial charge in [0.15, 0.2) is 11.6 Å². The molecule has 0 aromatic carbocycles. The van der Waals surface area contributed by atoms with Gasteiger partial charge in [0, 0.05) is 19.5 Å². The second-order valence-electron chi connectivity index (χ2n) is 5.91. The van der Waals surface area contributed by atoms with Crippen molar-refractivity contribution in [2.45, 2.75) is 45.8 Å². The van der Waals surface area contributed by atoms with Gasteiger partial charge in [-0.15, -0.1) is 0 Å². The second kappa shape index (κ2) is 6.53.